The molecular weight excluding hydrogens is 503 g/mol. The number of nitrogens with zero attached hydrogens (tertiary/aromatic N) is 4. The van der Waals surface area contributed by atoms with Crippen molar-refractivity contribution < 1.29 is 4.79 Å². The van der Waals surface area contributed by atoms with Crippen LogP contribution in [0.1, 0.15) is 31.0 Å². The molecular formula is C23H29IN6O. The lowest BCUT2D eigenvalue weighted by Gasteiger charge is -2.15. The molecule has 0 aliphatic carbocycles. The highest BCUT2D eigenvalue weighted by Crippen LogP contribution is 2.21. The van der Waals surface area contributed by atoms with Gasteiger partial charge in [0.05, 0.1) is 12.2 Å². The largest absolute Gasteiger partial charge is 0.357 e. The zero-order valence-corrected chi connectivity index (χ0v) is 20.1. The van der Waals surface area contributed by atoms with Gasteiger partial charge in [0.25, 0.3) is 0 Å². The molecule has 2 aromatic heterocycles. The summed E-state index contributed by atoms with van der Waals surface area (Å²) in [6, 6.07) is 14.1. The number of fused-ring (bicyclic) bond motifs is 1. The van der Waals surface area contributed by atoms with Gasteiger partial charge in [-0.3, -0.25) is 4.79 Å². The second-order valence-corrected chi connectivity index (χ2v) is 7.39. The minimum atomic E-state index is 0. The SMILES string of the molecule is CCNC(=NCc1ccc(N2CCCC2=O)cc1)NCCc1cn2ccccc2n1.I. The van der Waals surface area contributed by atoms with Crippen LogP contribution < -0.4 is 15.5 Å². The van der Waals surface area contributed by atoms with E-state index >= 15 is 0 Å². The highest BCUT2D eigenvalue weighted by molar-refractivity contribution is 14.0. The highest BCUT2D eigenvalue weighted by atomic mass is 127. The maximum Gasteiger partial charge on any atom is 0.227 e. The van der Waals surface area contributed by atoms with Crippen molar-refractivity contribution in [1.29, 1.82) is 0 Å². The summed E-state index contributed by atoms with van der Waals surface area (Å²) in [4.78, 5) is 23.1. The average Bonchev–Trinajstić information content (AvgIpc) is 3.38. The number of benzene rings is 1. The van der Waals surface area contributed by atoms with Crippen LogP contribution in [0, 0.1) is 0 Å². The fourth-order valence-corrected chi connectivity index (χ4v) is 3.63. The molecule has 0 saturated carbocycles. The molecule has 1 fully saturated rings. The summed E-state index contributed by atoms with van der Waals surface area (Å²) in [7, 11) is 0. The highest BCUT2D eigenvalue weighted by Gasteiger charge is 2.21. The summed E-state index contributed by atoms with van der Waals surface area (Å²) >= 11 is 0. The van der Waals surface area contributed by atoms with Crippen molar-refractivity contribution in [2.24, 2.45) is 4.99 Å². The standard InChI is InChI=1S/C23H28N6O.HI/c1-2-24-23(25-13-12-19-17-28-14-4-3-6-21(28)27-19)26-16-18-8-10-20(11-9-18)29-15-5-7-22(29)30;/h3-4,6,8-11,14,17H,2,5,7,12-13,15-16H2,1H3,(H2,24,25,26);1H. The fraction of sp³-hybridized carbons (Fsp3) is 0.348. The zero-order chi connectivity index (χ0) is 20.8. The number of carbonyl (C=O) groups is 1. The van der Waals surface area contributed by atoms with Crippen molar-refractivity contribution >= 4 is 47.2 Å². The monoisotopic (exact) mass is 532 g/mol. The van der Waals surface area contributed by atoms with Gasteiger partial charge in [-0.2, -0.15) is 0 Å². The number of pyridine rings is 1. The van der Waals surface area contributed by atoms with Crippen LogP contribution in [0.3, 0.4) is 0 Å². The minimum absolute atomic E-state index is 0. The van der Waals surface area contributed by atoms with E-state index in [2.05, 4.69) is 33.7 Å². The Hall–Kier alpha value is -2.62. The summed E-state index contributed by atoms with van der Waals surface area (Å²) < 4.78 is 2.04. The van der Waals surface area contributed by atoms with E-state index in [-0.39, 0.29) is 29.9 Å². The average molecular weight is 532 g/mol. The van der Waals surface area contributed by atoms with E-state index in [1.807, 2.05) is 58.0 Å². The number of guanidine groups is 1. The molecule has 1 amide bonds. The third-order valence-electron chi connectivity index (χ3n) is 5.17. The lowest BCUT2D eigenvalue weighted by Crippen LogP contribution is -2.38. The lowest BCUT2D eigenvalue weighted by molar-refractivity contribution is -0.117. The summed E-state index contributed by atoms with van der Waals surface area (Å²) in [5.74, 6) is 1.00. The van der Waals surface area contributed by atoms with E-state index < -0.39 is 0 Å². The van der Waals surface area contributed by atoms with E-state index in [0.717, 1.165) is 61.0 Å². The minimum Gasteiger partial charge on any atom is -0.357 e. The molecule has 1 aliphatic heterocycles. The number of rotatable bonds is 7. The first-order valence-corrected chi connectivity index (χ1v) is 10.6. The molecule has 3 aromatic rings. The molecule has 31 heavy (non-hydrogen) atoms. The molecule has 8 heteroatoms. The summed E-state index contributed by atoms with van der Waals surface area (Å²) in [6.07, 6.45) is 6.49. The summed E-state index contributed by atoms with van der Waals surface area (Å²) in [5.41, 5.74) is 4.11. The second-order valence-electron chi connectivity index (χ2n) is 7.39. The maximum absolute atomic E-state index is 11.9. The molecule has 0 radical (unpaired) electrons. The molecule has 0 unspecified atom stereocenters. The van der Waals surface area contributed by atoms with Crippen LogP contribution in [0.2, 0.25) is 0 Å². The molecule has 1 saturated heterocycles. The van der Waals surface area contributed by atoms with Gasteiger partial charge in [-0.1, -0.05) is 18.2 Å². The van der Waals surface area contributed by atoms with E-state index in [1.165, 1.54) is 0 Å². The molecule has 1 aromatic carbocycles. The van der Waals surface area contributed by atoms with Crippen molar-refractivity contribution in [3.8, 4) is 0 Å². The molecule has 7 nitrogen and oxygen atoms in total. The van der Waals surface area contributed by atoms with Gasteiger partial charge in [-0.15, -0.1) is 24.0 Å². The van der Waals surface area contributed by atoms with Crippen molar-refractivity contribution in [3.63, 3.8) is 0 Å². The number of anilines is 1. The Kier molecular flexibility index (Phi) is 8.27. The van der Waals surface area contributed by atoms with Crippen LogP contribution in [-0.4, -0.2) is 40.9 Å². The quantitative estimate of drug-likeness (QED) is 0.278. The van der Waals surface area contributed by atoms with Crippen LogP contribution >= 0.6 is 24.0 Å². The number of hydrogen-bond donors (Lipinski definition) is 2. The van der Waals surface area contributed by atoms with Gasteiger partial charge in [0.1, 0.15) is 5.65 Å². The predicted octanol–water partition coefficient (Wildman–Crippen LogP) is 3.38. The first kappa shape index (κ1) is 23.1. The number of nitrogens with one attached hydrogen (secondary N) is 2. The van der Waals surface area contributed by atoms with E-state index in [4.69, 9.17) is 0 Å². The topological polar surface area (TPSA) is 74.0 Å². The van der Waals surface area contributed by atoms with Crippen LogP contribution in [0.5, 0.6) is 0 Å². The Bertz CT molecular complexity index is 997. The van der Waals surface area contributed by atoms with Gasteiger partial charge < -0.3 is 19.9 Å². The summed E-state index contributed by atoms with van der Waals surface area (Å²) in [6.45, 7) is 5.01. The molecule has 0 spiro atoms. The molecule has 1 aliphatic rings. The number of amides is 1. The molecule has 2 N–H and O–H groups in total. The smallest absolute Gasteiger partial charge is 0.227 e. The zero-order valence-electron chi connectivity index (χ0n) is 17.8. The summed E-state index contributed by atoms with van der Waals surface area (Å²) in [5, 5.41) is 6.67. The maximum atomic E-state index is 11.9. The third kappa shape index (κ3) is 5.96. The van der Waals surface area contributed by atoms with E-state index in [9.17, 15) is 4.79 Å². The van der Waals surface area contributed by atoms with Gasteiger partial charge in [-0.05, 0) is 43.2 Å². The third-order valence-corrected chi connectivity index (χ3v) is 5.17. The number of halogens is 1. The lowest BCUT2D eigenvalue weighted by atomic mass is 10.2. The molecule has 4 rings (SSSR count). The first-order chi connectivity index (χ1) is 14.7. The molecule has 0 bridgehead atoms. The number of aromatic nitrogens is 2. The normalized spacial score (nSPS) is 14.0. The Labute approximate surface area is 200 Å². The Morgan fingerprint density at radius 3 is 2.71 bits per heavy atom. The van der Waals surface area contributed by atoms with Crippen LogP contribution in [0.25, 0.3) is 5.65 Å². The Balaban J connectivity index is 0.00000272. The van der Waals surface area contributed by atoms with E-state index in [1.54, 1.807) is 0 Å². The number of aliphatic imine (C=N–C) groups is 1. The van der Waals surface area contributed by atoms with Gasteiger partial charge in [0.15, 0.2) is 5.96 Å². The van der Waals surface area contributed by atoms with Gasteiger partial charge in [0, 0.05) is 50.6 Å². The Morgan fingerprint density at radius 1 is 1.16 bits per heavy atom. The predicted molar refractivity (Wildman–Crippen MR) is 135 cm³/mol. The number of hydrogen-bond acceptors (Lipinski definition) is 3. The van der Waals surface area contributed by atoms with Gasteiger partial charge in [-0.25, -0.2) is 9.98 Å². The van der Waals surface area contributed by atoms with Crippen LogP contribution in [0.15, 0.2) is 59.9 Å². The molecule has 164 valence electrons. The number of imidazole rings is 1. The van der Waals surface area contributed by atoms with Gasteiger partial charge >= 0.3 is 0 Å². The van der Waals surface area contributed by atoms with Crippen molar-refractivity contribution in [2.45, 2.75) is 32.7 Å². The van der Waals surface area contributed by atoms with Crippen molar-refractivity contribution in [1.82, 2.24) is 20.0 Å². The molecule has 3 heterocycles. The number of carbonyl (C=O) groups excluding carboxylic acids is 1. The second kappa shape index (κ2) is 11.1. The van der Waals surface area contributed by atoms with Crippen molar-refractivity contribution in [3.05, 3.63) is 66.1 Å². The fourth-order valence-electron chi connectivity index (χ4n) is 3.63. The first-order valence-electron chi connectivity index (χ1n) is 10.6. The van der Waals surface area contributed by atoms with E-state index in [0.29, 0.717) is 13.0 Å². The Morgan fingerprint density at radius 2 is 2.00 bits per heavy atom. The van der Waals surface area contributed by atoms with Crippen LogP contribution in [-0.2, 0) is 17.8 Å². The van der Waals surface area contributed by atoms with Gasteiger partial charge in [0.2, 0.25) is 5.91 Å². The van der Waals surface area contributed by atoms with Crippen molar-refractivity contribution in [2.75, 3.05) is 24.5 Å². The van der Waals surface area contributed by atoms with Crippen LogP contribution in [0.4, 0.5) is 5.69 Å². The molecule has 0 atom stereocenters.